The average molecular weight is 504 g/mol. The predicted octanol–water partition coefficient (Wildman–Crippen LogP) is 4.35. The first-order valence-electron chi connectivity index (χ1n) is 13.5. The van der Waals surface area contributed by atoms with Gasteiger partial charge in [-0.05, 0) is 57.2 Å². The maximum atomic E-state index is 13.0. The third kappa shape index (κ3) is 5.73. The number of carbonyl (C=O) groups excluding carboxylic acids is 2. The number of aryl methyl sites for hydroxylation is 1. The van der Waals surface area contributed by atoms with E-state index < -0.39 is 0 Å². The molecule has 2 aliphatic rings. The Kier molecular flexibility index (Phi) is 7.63. The number of anilines is 1. The number of rotatable bonds is 6. The number of hydrogen-bond acceptors (Lipinski definition) is 5. The molecule has 5 rings (SSSR count). The lowest BCUT2D eigenvalue weighted by atomic mass is 9.95. The van der Waals surface area contributed by atoms with Crippen LogP contribution in [0.25, 0.3) is 11.0 Å². The van der Waals surface area contributed by atoms with E-state index in [0.29, 0.717) is 19.7 Å². The number of likely N-dealkylation sites (tertiary alicyclic amines) is 1. The van der Waals surface area contributed by atoms with Gasteiger partial charge in [0.25, 0.3) is 0 Å². The monoisotopic (exact) mass is 503 g/mol. The highest BCUT2D eigenvalue weighted by Crippen LogP contribution is 2.28. The van der Waals surface area contributed by atoms with Gasteiger partial charge >= 0.3 is 6.09 Å². The quantitative estimate of drug-likeness (QED) is 0.541. The number of imidazole rings is 1. The van der Waals surface area contributed by atoms with Crippen molar-refractivity contribution in [3.63, 3.8) is 0 Å². The van der Waals surface area contributed by atoms with Gasteiger partial charge in [-0.2, -0.15) is 0 Å². The number of benzene rings is 2. The summed E-state index contributed by atoms with van der Waals surface area (Å²) < 4.78 is 7.40. The first-order chi connectivity index (χ1) is 18.0. The first kappa shape index (κ1) is 25.1. The SMILES string of the molecule is CCOC(=O)N1CCC(NC(=O)C2CCN(c3nc4ccccc4n3Cc3ccc(C)cc3)CC2)CC1. The Labute approximate surface area is 218 Å². The Hall–Kier alpha value is -3.55. The minimum atomic E-state index is -0.256. The third-order valence-electron chi connectivity index (χ3n) is 7.61. The number of nitrogens with zero attached hydrogens (tertiary/aromatic N) is 4. The summed E-state index contributed by atoms with van der Waals surface area (Å²) in [5.41, 5.74) is 4.63. The Morgan fingerprint density at radius 2 is 1.68 bits per heavy atom. The number of nitrogens with one attached hydrogen (secondary N) is 1. The first-order valence-corrected chi connectivity index (χ1v) is 13.5. The van der Waals surface area contributed by atoms with Gasteiger partial charge in [0.2, 0.25) is 11.9 Å². The fraction of sp³-hybridized carbons (Fsp3) is 0.483. The molecule has 2 aromatic carbocycles. The molecule has 0 aliphatic carbocycles. The van der Waals surface area contributed by atoms with Gasteiger partial charge in [0.15, 0.2) is 0 Å². The smallest absolute Gasteiger partial charge is 0.409 e. The van der Waals surface area contributed by atoms with Crippen molar-refractivity contribution in [2.75, 3.05) is 37.7 Å². The van der Waals surface area contributed by atoms with Crippen molar-refractivity contribution in [3.05, 3.63) is 59.7 Å². The molecule has 8 heteroatoms. The number of amides is 2. The molecular formula is C29H37N5O3. The lowest BCUT2D eigenvalue weighted by Crippen LogP contribution is -2.49. The summed E-state index contributed by atoms with van der Waals surface area (Å²) in [6.45, 7) is 7.92. The van der Waals surface area contributed by atoms with Crippen molar-refractivity contribution < 1.29 is 14.3 Å². The van der Waals surface area contributed by atoms with Crippen molar-refractivity contribution in [3.8, 4) is 0 Å². The molecule has 0 bridgehead atoms. The van der Waals surface area contributed by atoms with E-state index >= 15 is 0 Å². The molecular weight excluding hydrogens is 466 g/mol. The molecule has 0 spiro atoms. The summed E-state index contributed by atoms with van der Waals surface area (Å²) in [6, 6.07) is 17.1. The minimum absolute atomic E-state index is 0.00858. The van der Waals surface area contributed by atoms with Crippen LogP contribution < -0.4 is 10.2 Å². The molecule has 3 heterocycles. The molecule has 1 aromatic heterocycles. The van der Waals surface area contributed by atoms with Gasteiger partial charge in [0.05, 0.1) is 24.2 Å². The molecule has 0 atom stereocenters. The number of aromatic nitrogens is 2. The highest BCUT2D eigenvalue weighted by molar-refractivity contribution is 5.80. The number of ether oxygens (including phenoxy) is 1. The van der Waals surface area contributed by atoms with Crippen LogP contribution in [0.3, 0.4) is 0 Å². The van der Waals surface area contributed by atoms with Crippen LogP contribution in [-0.2, 0) is 16.1 Å². The molecule has 1 N–H and O–H groups in total. The van der Waals surface area contributed by atoms with Crippen LogP contribution >= 0.6 is 0 Å². The summed E-state index contributed by atoms with van der Waals surface area (Å²) in [5, 5.41) is 3.25. The Balaban J connectivity index is 1.20. The normalized spacial score (nSPS) is 17.2. The molecule has 2 fully saturated rings. The summed E-state index contributed by atoms with van der Waals surface area (Å²) >= 11 is 0. The highest BCUT2D eigenvalue weighted by atomic mass is 16.6. The van der Waals surface area contributed by atoms with Crippen molar-refractivity contribution in [2.45, 2.75) is 52.1 Å². The molecule has 3 aromatic rings. The largest absolute Gasteiger partial charge is 0.450 e. The van der Waals surface area contributed by atoms with Gasteiger partial charge in [-0.1, -0.05) is 42.0 Å². The van der Waals surface area contributed by atoms with Crippen molar-refractivity contribution in [2.24, 2.45) is 5.92 Å². The maximum Gasteiger partial charge on any atom is 0.409 e. The van der Waals surface area contributed by atoms with Gasteiger partial charge in [-0.3, -0.25) is 4.79 Å². The molecule has 2 aliphatic heterocycles. The van der Waals surface area contributed by atoms with Crippen molar-refractivity contribution in [1.82, 2.24) is 19.8 Å². The van der Waals surface area contributed by atoms with Gasteiger partial charge in [-0.15, -0.1) is 0 Å². The van der Waals surface area contributed by atoms with Crippen LogP contribution in [0.1, 0.15) is 43.7 Å². The molecule has 0 saturated carbocycles. The van der Waals surface area contributed by atoms with Gasteiger partial charge < -0.3 is 24.4 Å². The van der Waals surface area contributed by atoms with E-state index in [1.807, 2.05) is 13.0 Å². The lowest BCUT2D eigenvalue weighted by Gasteiger charge is -2.35. The number of fused-ring (bicyclic) bond motifs is 1. The summed E-state index contributed by atoms with van der Waals surface area (Å²) in [7, 11) is 0. The van der Waals surface area contributed by atoms with E-state index in [-0.39, 0.29) is 24.0 Å². The zero-order valence-electron chi connectivity index (χ0n) is 21.9. The van der Waals surface area contributed by atoms with Gasteiger partial charge in [0.1, 0.15) is 0 Å². The van der Waals surface area contributed by atoms with E-state index in [1.54, 1.807) is 4.90 Å². The molecule has 0 unspecified atom stereocenters. The van der Waals surface area contributed by atoms with Crippen LogP contribution in [0.5, 0.6) is 0 Å². The second-order valence-electron chi connectivity index (χ2n) is 10.2. The summed E-state index contributed by atoms with van der Waals surface area (Å²) in [5.74, 6) is 1.13. The zero-order chi connectivity index (χ0) is 25.8. The van der Waals surface area contributed by atoms with E-state index in [9.17, 15) is 9.59 Å². The standard InChI is InChI=1S/C29H37N5O3/c1-3-37-29(36)33-18-14-24(15-19-33)30-27(35)23-12-16-32(17-13-23)28-31-25-6-4-5-7-26(25)34(28)20-22-10-8-21(2)9-11-22/h4-11,23-24H,3,12-20H2,1-2H3,(H,30,35). The topological polar surface area (TPSA) is 79.7 Å². The van der Waals surface area contributed by atoms with Gasteiger partial charge in [0, 0.05) is 38.1 Å². The maximum absolute atomic E-state index is 13.0. The van der Waals surface area contributed by atoms with Crippen LogP contribution in [0.15, 0.2) is 48.5 Å². The van der Waals surface area contributed by atoms with E-state index in [0.717, 1.165) is 62.3 Å². The fourth-order valence-electron chi connectivity index (χ4n) is 5.42. The molecule has 196 valence electrons. The summed E-state index contributed by atoms with van der Waals surface area (Å²) in [4.78, 5) is 34.0. The summed E-state index contributed by atoms with van der Waals surface area (Å²) in [6.07, 6.45) is 2.90. The van der Waals surface area contributed by atoms with E-state index in [1.165, 1.54) is 11.1 Å². The van der Waals surface area contributed by atoms with Crippen molar-refractivity contribution >= 4 is 29.0 Å². The molecule has 0 radical (unpaired) electrons. The average Bonchev–Trinajstić information content (AvgIpc) is 3.29. The molecule has 2 saturated heterocycles. The predicted molar refractivity (Wildman–Crippen MR) is 145 cm³/mol. The fourth-order valence-corrected chi connectivity index (χ4v) is 5.42. The number of carbonyl (C=O) groups is 2. The Morgan fingerprint density at radius 1 is 0.973 bits per heavy atom. The van der Waals surface area contributed by atoms with E-state index in [4.69, 9.17) is 9.72 Å². The second kappa shape index (κ2) is 11.2. The Bertz CT molecular complexity index is 1220. The third-order valence-corrected chi connectivity index (χ3v) is 7.61. The Morgan fingerprint density at radius 3 is 2.38 bits per heavy atom. The lowest BCUT2D eigenvalue weighted by molar-refractivity contribution is -0.126. The van der Waals surface area contributed by atoms with Crippen LogP contribution in [0.2, 0.25) is 0 Å². The molecule has 8 nitrogen and oxygen atoms in total. The number of para-hydroxylation sites is 2. The minimum Gasteiger partial charge on any atom is -0.450 e. The van der Waals surface area contributed by atoms with Crippen LogP contribution in [0.4, 0.5) is 10.7 Å². The molecule has 2 amide bonds. The van der Waals surface area contributed by atoms with E-state index in [2.05, 4.69) is 64.2 Å². The van der Waals surface area contributed by atoms with Crippen molar-refractivity contribution in [1.29, 1.82) is 0 Å². The number of hydrogen-bond donors (Lipinski definition) is 1. The highest BCUT2D eigenvalue weighted by Gasteiger charge is 2.30. The second-order valence-corrected chi connectivity index (χ2v) is 10.2. The zero-order valence-corrected chi connectivity index (χ0v) is 21.9. The molecule has 37 heavy (non-hydrogen) atoms. The van der Waals surface area contributed by atoms with Crippen LogP contribution in [-0.4, -0.2) is 65.3 Å². The van der Waals surface area contributed by atoms with Gasteiger partial charge in [-0.25, -0.2) is 9.78 Å². The number of piperidine rings is 2. The van der Waals surface area contributed by atoms with Crippen LogP contribution in [0, 0.1) is 12.8 Å².